The number of ether oxygens (including phenoxy) is 1. The third-order valence-electron chi connectivity index (χ3n) is 4.83. The summed E-state index contributed by atoms with van der Waals surface area (Å²) in [6.07, 6.45) is 5.21. The van der Waals surface area contributed by atoms with Crippen LogP contribution in [0.2, 0.25) is 0 Å². The molecule has 0 aliphatic carbocycles. The minimum Gasteiger partial charge on any atom is -0.385 e. The molecule has 0 amide bonds. The first kappa shape index (κ1) is 22.9. The Labute approximate surface area is 175 Å². The van der Waals surface area contributed by atoms with E-state index < -0.39 is 0 Å². The van der Waals surface area contributed by atoms with Crippen molar-refractivity contribution in [3.05, 3.63) is 47.8 Å². The summed E-state index contributed by atoms with van der Waals surface area (Å²) in [4.78, 5) is 6.60. The number of rotatable bonds is 12. The second-order valence-corrected chi connectivity index (χ2v) is 7.20. The predicted molar refractivity (Wildman–Crippen MR) is 120 cm³/mol. The second kappa shape index (κ2) is 13.0. The predicted octanol–water partition coefficient (Wildman–Crippen LogP) is 2.25. The van der Waals surface area contributed by atoms with E-state index in [0.717, 1.165) is 69.4 Å². The van der Waals surface area contributed by atoms with Gasteiger partial charge in [-0.15, -0.1) is 0 Å². The molecule has 2 N–H and O–H groups in total. The van der Waals surface area contributed by atoms with Crippen LogP contribution in [-0.4, -0.2) is 74.6 Å². The van der Waals surface area contributed by atoms with Crippen LogP contribution in [0.25, 0.3) is 5.69 Å². The highest BCUT2D eigenvalue weighted by atomic mass is 16.5. The average molecular weight is 401 g/mol. The van der Waals surface area contributed by atoms with Gasteiger partial charge in [-0.3, -0.25) is 4.99 Å². The van der Waals surface area contributed by atoms with Gasteiger partial charge in [0.05, 0.1) is 11.4 Å². The Balaban J connectivity index is 1.67. The average Bonchev–Trinajstić information content (AvgIpc) is 3.11. The third-order valence-corrected chi connectivity index (χ3v) is 4.83. The van der Waals surface area contributed by atoms with Crippen LogP contribution < -0.4 is 10.6 Å². The van der Waals surface area contributed by atoms with Crippen molar-refractivity contribution in [3.8, 4) is 5.69 Å². The van der Waals surface area contributed by atoms with Crippen molar-refractivity contribution < 1.29 is 4.74 Å². The molecule has 2 aromatic rings. The van der Waals surface area contributed by atoms with E-state index in [1.807, 2.05) is 29.9 Å². The van der Waals surface area contributed by atoms with E-state index in [-0.39, 0.29) is 0 Å². The molecule has 0 bridgehead atoms. The fourth-order valence-corrected chi connectivity index (χ4v) is 3.12. The van der Waals surface area contributed by atoms with Crippen LogP contribution in [-0.2, 0) is 11.2 Å². The number of aryl methyl sites for hydroxylation is 2. The van der Waals surface area contributed by atoms with Crippen LogP contribution in [0.15, 0.2) is 41.5 Å². The molecule has 7 heteroatoms. The van der Waals surface area contributed by atoms with Gasteiger partial charge in [-0.2, -0.15) is 5.10 Å². The second-order valence-electron chi connectivity index (χ2n) is 7.20. The Morgan fingerprint density at radius 2 is 1.90 bits per heavy atom. The number of benzene rings is 1. The molecule has 0 spiro atoms. The monoisotopic (exact) mass is 400 g/mol. The lowest BCUT2D eigenvalue weighted by atomic mass is 10.1. The number of nitrogens with zero attached hydrogens (tertiary/aromatic N) is 4. The van der Waals surface area contributed by atoms with E-state index in [2.05, 4.69) is 57.9 Å². The summed E-state index contributed by atoms with van der Waals surface area (Å²) in [5.74, 6) is 0.854. The quantitative estimate of drug-likeness (QED) is 0.325. The fraction of sp³-hybridized carbons (Fsp3) is 0.545. The van der Waals surface area contributed by atoms with Crippen molar-refractivity contribution in [3.63, 3.8) is 0 Å². The molecule has 29 heavy (non-hydrogen) atoms. The van der Waals surface area contributed by atoms with Crippen LogP contribution in [0, 0.1) is 6.92 Å². The van der Waals surface area contributed by atoms with Crippen molar-refractivity contribution in [1.29, 1.82) is 0 Å². The molecule has 0 radical (unpaired) electrons. The summed E-state index contributed by atoms with van der Waals surface area (Å²) in [6, 6.07) is 10.2. The van der Waals surface area contributed by atoms with Gasteiger partial charge in [-0.05, 0) is 50.9 Å². The molecule has 2 rings (SSSR count). The third kappa shape index (κ3) is 8.25. The number of para-hydroxylation sites is 1. The smallest absolute Gasteiger partial charge is 0.191 e. The highest BCUT2D eigenvalue weighted by molar-refractivity contribution is 5.79. The van der Waals surface area contributed by atoms with Gasteiger partial charge in [0.25, 0.3) is 0 Å². The normalized spacial score (nSPS) is 11.8. The molecule has 1 aromatic heterocycles. The highest BCUT2D eigenvalue weighted by Gasteiger charge is 2.06. The first-order chi connectivity index (χ1) is 14.1. The van der Waals surface area contributed by atoms with E-state index in [1.54, 1.807) is 7.11 Å². The van der Waals surface area contributed by atoms with E-state index in [0.29, 0.717) is 0 Å². The molecule has 1 aromatic carbocycles. The maximum atomic E-state index is 5.09. The van der Waals surface area contributed by atoms with Crippen molar-refractivity contribution in [2.75, 3.05) is 54.0 Å². The van der Waals surface area contributed by atoms with Gasteiger partial charge >= 0.3 is 0 Å². The number of aliphatic imine (C=N–C) groups is 1. The molecular formula is C22H36N6O. The number of likely N-dealkylation sites (N-methyl/N-ethyl adjacent to an activating group) is 1. The maximum absolute atomic E-state index is 5.09. The molecule has 1 heterocycles. The molecule has 7 nitrogen and oxygen atoms in total. The first-order valence-electron chi connectivity index (χ1n) is 10.4. The number of methoxy groups -OCH3 is 1. The lowest BCUT2D eigenvalue weighted by Gasteiger charge is -2.18. The van der Waals surface area contributed by atoms with E-state index in [1.165, 1.54) is 5.56 Å². The number of hydrogen-bond acceptors (Lipinski definition) is 4. The SMILES string of the molecule is CN=C(NCCCc1cn(-c2ccccc2)nc1C)NCCN(C)CCCOC. The van der Waals surface area contributed by atoms with Gasteiger partial charge in [0.15, 0.2) is 5.96 Å². The minimum absolute atomic E-state index is 0.810. The van der Waals surface area contributed by atoms with Gasteiger partial charge in [0.1, 0.15) is 0 Å². The van der Waals surface area contributed by atoms with Gasteiger partial charge < -0.3 is 20.3 Å². The summed E-state index contributed by atoms with van der Waals surface area (Å²) in [7, 11) is 5.69. The maximum Gasteiger partial charge on any atom is 0.191 e. The van der Waals surface area contributed by atoms with E-state index >= 15 is 0 Å². The van der Waals surface area contributed by atoms with Crippen LogP contribution in [0.3, 0.4) is 0 Å². The van der Waals surface area contributed by atoms with Crippen molar-refractivity contribution in [2.45, 2.75) is 26.2 Å². The minimum atomic E-state index is 0.810. The summed E-state index contributed by atoms with van der Waals surface area (Å²) < 4.78 is 7.05. The lowest BCUT2D eigenvalue weighted by Crippen LogP contribution is -2.41. The summed E-state index contributed by atoms with van der Waals surface area (Å²) in [6.45, 7) is 6.64. The Kier molecular flexibility index (Phi) is 10.2. The van der Waals surface area contributed by atoms with Crippen molar-refractivity contribution >= 4 is 5.96 Å². The van der Waals surface area contributed by atoms with Gasteiger partial charge in [-0.25, -0.2) is 4.68 Å². The fourth-order valence-electron chi connectivity index (χ4n) is 3.12. The van der Waals surface area contributed by atoms with Crippen molar-refractivity contribution in [1.82, 2.24) is 25.3 Å². The van der Waals surface area contributed by atoms with Crippen LogP contribution in [0.4, 0.5) is 0 Å². The van der Waals surface area contributed by atoms with E-state index in [9.17, 15) is 0 Å². The standard InChI is InChI=1S/C22H36N6O/c1-19-20(18-28(26-19)21-11-6-5-7-12-21)10-8-13-24-22(23-2)25-14-16-27(3)15-9-17-29-4/h5-7,11-12,18H,8-10,13-17H2,1-4H3,(H2,23,24,25). The molecule has 0 fully saturated rings. The van der Waals surface area contributed by atoms with Crippen LogP contribution in [0.5, 0.6) is 0 Å². The summed E-state index contributed by atoms with van der Waals surface area (Å²) in [5, 5.41) is 11.4. The van der Waals surface area contributed by atoms with Gasteiger partial charge in [-0.1, -0.05) is 18.2 Å². The Morgan fingerprint density at radius 1 is 1.14 bits per heavy atom. The molecule has 0 atom stereocenters. The number of hydrogen-bond donors (Lipinski definition) is 2. The largest absolute Gasteiger partial charge is 0.385 e. The molecule has 0 unspecified atom stereocenters. The summed E-state index contributed by atoms with van der Waals surface area (Å²) in [5.41, 5.74) is 3.47. The van der Waals surface area contributed by atoms with Crippen LogP contribution >= 0.6 is 0 Å². The van der Waals surface area contributed by atoms with Gasteiger partial charge in [0, 0.05) is 53.1 Å². The Bertz CT molecular complexity index is 728. The Morgan fingerprint density at radius 3 is 2.62 bits per heavy atom. The summed E-state index contributed by atoms with van der Waals surface area (Å²) >= 11 is 0. The zero-order valence-electron chi connectivity index (χ0n) is 18.3. The number of nitrogens with one attached hydrogen (secondary N) is 2. The molecule has 0 saturated heterocycles. The van der Waals surface area contributed by atoms with Crippen molar-refractivity contribution in [2.24, 2.45) is 4.99 Å². The lowest BCUT2D eigenvalue weighted by molar-refractivity contribution is 0.180. The van der Waals surface area contributed by atoms with Gasteiger partial charge in [0.2, 0.25) is 0 Å². The van der Waals surface area contributed by atoms with E-state index in [4.69, 9.17) is 4.74 Å². The topological polar surface area (TPSA) is 66.7 Å². The molecule has 0 aliphatic rings. The number of aromatic nitrogens is 2. The Hall–Kier alpha value is -2.38. The molecule has 160 valence electrons. The van der Waals surface area contributed by atoms with Crippen LogP contribution in [0.1, 0.15) is 24.1 Å². The molecule has 0 saturated carbocycles. The highest BCUT2D eigenvalue weighted by Crippen LogP contribution is 2.13. The number of guanidine groups is 1. The first-order valence-corrected chi connectivity index (χ1v) is 10.4. The molecular weight excluding hydrogens is 364 g/mol. The zero-order chi connectivity index (χ0) is 20.9. The zero-order valence-corrected chi connectivity index (χ0v) is 18.3. The molecule has 0 aliphatic heterocycles.